The molecule has 1 amide bonds. The minimum absolute atomic E-state index is 0.296. The molecule has 21 heavy (non-hydrogen) atoms. The van der Waals surface area contributed by atoms with E-state index < -0.39 is 0 Å². The third kappa shape index (κ3) is 4.09. The molecule has 0 unspecified atom stereocenters. The van der Waals surface area contributed by atoms with Crippen molar-refractivity contribution >= 4 is 5.91 Å². The van der Waals surface area contributed by atoms with E-state index >= 15 is 0 Å². The van der Waals surface area contributed by atoms with E-state index in [1.165, 1.54) is 56.9 Å². The van der Waals surface area contributed by atoms with Crippen LogP contribution in [0.1, 0.15) is 69.3 Å². The van der Waals surface area contributed by atoms with Crippen molar-refractivity contribution in [1.82, 2.24) is 5.32 Å². The first kappa shape index (κ1) is 14.6. The molecule has 1 N–H and O–H groups in total. The van der Waals surface area contributed by atoms with E-state index in [9.17, 15) is 4.79 Å². The van der Waals surface area contributed by atoms with Crippen LogP contribution in [0.3, 0.4) is 0 Å². The summed E-state index contributed by atoms with van der Waals surface area (Å²) < 4.78 is 0. The van der Waals surface area contributed by atoms with Gasteiger partial charge in [0.1, 0.15) is 0 Å². The fourth-order valence-corrected chi connectivity index (χ4v) is 4.04. The monoisotopic (exact) mass is 285 g/mol. The van der Waals surface area contributed by atoms with Crippen LogP contribution in [0.15, 0.2) is 30.3 Å². The molecule has 2 fully saturated rings. The molecule has 2 saturated carbocycles. The zero-order valence-corrected chi connectivity index (χ0v) is 12.9. The molecule has 2 aliphatic rings. The lowest BCUT2D eigenvalue weighted by Gasteiger charge is -2.28. The van der Waals surface area contributed by atoms with E-state index in [0.717, 1.165) is 6.42 Å². The maximum Gasteiger partial charge on any atom is 0.220 e. The van der Waals surface area contributed by atoms with E-state index in [1.807, 2.05) is 0 Å². The van der Waals surface area contributed by atoms with E-state index in [2.05, 4.69) is 35.6 Å². The van der Waals surface area contributed by atoms with Gasteiger partial charge in [0.2, 0.25) is 5.91 Å². The maximum absolute atomic E-state index is 12.1. The zero-order chi connectivity index (χ0) is 14.5. The van der Waals surface area contributed by atoms with Crippen molar-refractivity contribution in [3.63, 3.8) is 0 Å². The molecule has 1 aromatic carbocycles. The Balaban J connectivity index is 1.42. The normalized spacial score (nSPS) is 26.7. The average molecular weight is 285 g/mol. The van der Waals surface area contributed by atoms with Crippen LogP contribution < -0.4 is 5.32 Å². The molecule has 0 aliphatic heterocycles. The highest BCUT2D eigenvalue weighted by Gasteiger charge is 2.25. The van der Waals surface area contributed by atoms with Crippen molar-refractivity contribution in [3.8, 4) is 0 Å². The number of hydrogen-bond acceptors (Lipinski definition) is 1. The molecule has 114 valence electrons. The molecule has 0 atom stereocenters. The number of nitrogens with one attached hydrogen (secondary N) is 1. The number of carbonyl (C=O) groups is 1. The highest BCUT2D eigenvalue weighted by atomic mass is 16.1. The predicted octanol–water partition coefficient (Wildman–Crippen LogP) is 4.41. The summed E-state index contributed by atoms with van der Waals surface area (Å²) in [6.07, 6.45) is 10.6. The van der Waals surface area contributed by atoms with Crippen LogP contribution in [0.4, 0.5) is 0 Å². The molecular formula is C19H27NO. The molecule has 3 rings (SSSR count). The SMILES string of the molecule is O=C(CC1CCC(c2ccccc2)CC1)NC1CCCC1. The number of amides is 1. The smallest absolute Gasteiger partial charge is 0.220 e. The molecule has 1 aromatic rings. The van der Waals surface area contributed by atoms with E-state index in [0.29, 0.717) is 23.8 Å². The Labute approximate surface area is 128 Å². The van der Waals surface area contributed by atoms with Crippen molar-refractivity contribution < 1.29 is 4.79 Å². The van der Waals surface area contributed by atoms with Gasteiger partial charge in [0.25, 0.3) is 0 Å². The second-order valence-electron chi connectivity index (χ2n) is 6.88. The standard InChI is InChI=1S/C19H27NO/c21-19(20-18-8-4-5-9-18)14-15-10-12-17(13-11-15)16-6-2-1-3-7-16/h1-3,6-7,15,17-18H,4-5,8-14H2,(H,20,21). The molecule has 2 aliphatic carbocycles. The molecule has 0 heterocycles. The molecule has 0 radical (unpaired) electrons. The third-order valence-corrected chi connectivity index (χ3v) is 5.31. The van der Waals surface area contributed by atoms with Crippen LogP contribution >= 0.6 is 0 Å². The Bertz CT molecular complexity index is 442. The van der Waals surface area contributed by atoms with Crippen molar-refractivity contribution in [2.75, 3.05) is 0 Å². The minimum atomic E-state index is 0.296. The Morgan fingerprint density at radius 1 is 0.952 bits per heavy atom. The van der Waals surface area contributed by atoms with Crippen molar-refractivity contribution in [2.24, 2.45) is 5.92 Å². The maximum atomic E-state index is 12.1. The van der Waals surface area contributed by atoms with E-state index in [4.69, 9.17) is 0 Å². The van der Waals surface area contributed by atoms with Crippen molar-refractivity contribution in [3.05, 3.63) is 35.9 Å². The molecule has 0 spiro atoms. The first-order chi connectivity index (χ1) is 10.3. The molecular weight excluding hydrogens is 258 g/mol. The quantitative estimate of drug-likeness (QED) is 0.872. The number of carbonyl (C=O) groups excluding carboxylic acids is 1. The second-order valence-corrected chi connectivity index (χ2v) is 6.88. The second kappa shape index (κ2) is 7.11. The van der Waals surface area contributed by atoms with Gasteiger partial charge in [-0.25, -0.2) is 0 Å². The van der Waals surface area contributed by atoms with Gasteiger partial charge in [-0.15, -0.1) is 0 Å². The first-order valence-electron chi connectivity index (χ1n) is 8.65. The largest absolute Gasteiger partial charge is 0.353 e. The van der Waals surface area contributed by atoms with Gasteiger partial charge in [-0.05, 0) is 55.9 Å². The van der Waals surface area contributed by atoms with Gasteiger partial charge in [-0.1, -0.05) is 43.2 Å². The summed E-state index contributed by atoms with van der Waals surface area (Å²) in [5.74, 6) is 1.61. The Kier molecular flexibility index (Phi) is 4.95. The van der Waals surface area contributed by atoms with Crippen LogP contribution in [-0.2, 0) is 4.79 Å². The van der Waals surface area contributed by atoms with Gasteiger partial charge in [0.05, 0.1) is 0 Å². The third-order valence-electron chi connectivity index (χ3n) is 5.31. The first-order valence-corrected chi connectivity index (χ1v) is 8.65. The Morgan fingerprint density at radius 2 is 1.62 bits per heavy atom. The predicted molar refractivity (Wildman–Crippen MR) is 86.2 cm³/mol. The van der Waals surface area contributed by atoms with E-state index in [1.54, 1.807) is 0 Å². The van der Waals surface area contributed by atoms with Crippen LogP contribution in [-0.4, -0.2) is 11.9 Å². The Morgan fingerprint density at radius 3 is 2.29 bits per heavy atom. The zero-order valence-electron chi connectivity index (χ0n) is 12.9. The highest BCUT2D eigenvalue weighted by molar-refractivity contribution is 5.76. The molecule has 2 heteroatoms. The molecule has 2 nitrogen and oxygen atoms in total. The molecule has 0 saturated heterocycles. The summed E-state index contributed by atoms with van der Waals surface area (Å²) in [7, 11) is 0. The van der Waals surface area contributed by atoms with Crippen LogP contribution in [0.25, 0.3) is 0 Å². The number of rotatable bonds is 4. The summed E-state index contributed by atoms with van der Waals surface area (Å²) in [6.45, 7) is 0. The number of benzene rings is 1. The van der Waals surface area contributed by atoms with Crippen molar-refractivity contribution in [2.45, 2.75) is 69.7 Å². The van der Waals surface area contributed by atoms with E-state index in [-0.39, 0.29) is 0 Å². The fourth-order valence-electron chi connectivity index (χ4n) is 4.04. The number of hydrogen-bond donors (Lipinski definition) is 1. The summed E-state index contributed by atoms with van der Waals surface area (Å²) in [6, 6.07) is 11.3. The molecule has 0 aromatic heterocycles. The fraction of sp³-hybridized carbons (Fsp3) is 0.632. The topological polar surface area (TPSA) is 29.1 Å². The van der Waals surface area contributed by atoms with Crippen LogP contribution in [0.5, 0.6) is 0 Å². The lowest BCUT2D eigenvalue weighted by atomic mass is 9.77. The lowest BCUT2D eigenvalue weighted by molar-refractivity contribution is -0.122. The summed E-state index contributed by atoms with van der Waals surface area (Å²) in [5.41, 5.74) is 1.48. The summed E-state index contributed by atoms with van der Waals surface area (Å²) >= 11 is 0. The average Bonchev–Trinajstić information content (AvgIpc) is 3.02. The lowest BCUT2D eigenvalue weighted by Crippen LogP contribution is -2.34. The summed E-state index contributed by atoms with van der Waals surface area (Å²) in [4.78, 5) is 12.1. The Hall–Kier alpha value is -1.31. The molecule has 0 bridgehead atoms. The van der Waals surface area contributed by atoms with Gasteiger partial charge >= 0.3 is 0 Å². The van der Waals surface area contributed by atoms with Gasteiger partial charge in [0.15, 0.2) is 0 Å². The highest BCUT2D eigenvalue weighted by Crippen LogP contribution is 2.36. The summed E-state index contributed by atoms with van der Waals surface area (Å²) in [5, 5.41) is 3.23. The van der Waals surface area contributed by atoms with Crippen LogP contribution in [0.2, 0.25) is 0 Å². The van der Waals surface area contributed by atoms with Gasteiger partial charge in [0, 0.05) is 12.5 Å². The minimum Gasteiger partial charge on any atom is -0.353 e. The van der Waals surface area contributed by atoms with Gasteiger partial charge in [-0.2, -0.15) is 0 Å². The van der Waals surface area contributed by atoms with Gasteiger partial charge in [-0.3, -0.25) is 4.79 Å². The van der Waals surface area contributed by atoms with Crippen molar-refractivity contribution in [1.29, 1.82) is 0 Å². The van der Waals surface area contributed by atoms with Gasteiger partial charge < -0.3 is 5.32 Å². The van der Waals surface area contributed by atoms with Crippen LogP contribution in [0, 0.1) is 5.92 Å².